The van der Waals surface area contributed by atoms with Crippen LogP contribution in [0, 0.1) is 13.8 Å². The first-order valence-electron chi connectivity index (χ1n) is 16.1. The normalized spacial score (nSPS) is 11.4. The van der Waals surface area contributed by atoms with Crippen LogP contribution >= 0.6 is 0 Å². The average Bonchev–Trinajstić information content (AvgIpc) is 3.04. The number of quaternary nitrogens is 1. The number of nitrogens with zero attached hydrogens (tertiary/aromatic N) is 2. The lowest BCUT2D eigenvalue weighted by atomic mass is 10.0. The number of hydrogen-bond acceptors (Lipinski definition) is 2. The summed E-state index contributed by atoms with van der Waals surface area (Å²) >= 11 is 0. The maximum Gasteiger partial charge on any atom is 0.257 e. The van der Waals surface area contributed by atoms with E-state index in [-0.39, 0.29) is 22.9 Å². The highest BCUT2D eigenvalue weighted by atomic mass is 79.9. The number of halogens is 1. The highest BCUT2D eigenvalue weighted by molar-refractivity contribution is 6.01. The Bertz CT molecular complexity index is 1720. The van der Waals surface area contributed by atoms with Crippen LogP contribution in [0.15, 0.2) is 97.1 Å². The summed E-state index contributed by atoms with van der Waals surface area (Å²) in [5.74, 6) is 0.640. The molecule has 0 N–H and O–H groups in total. The Labute approximate surface area is 280 Å². The minimum absolute atomic E-state index is 0. The van der Waals surface area contributed by atoms with Gasteiger partial charge in [-0.25, -0.2) is 0 Å². The van der Waals surface area contributed by atoms with E-state index in [1.807, 2.05) is 29.2 Å². The van der Waals surface area contributed by atoms with Crippen LogP contribution in [0.3, 0.4) is 0 Å². The zero-order valence-corrected chi connectivity index (χ0v) is 29.1. The van der Waals surface area contributed by atoms with Crippen molar-refractivity contribution in [2.24, 2.45) is 0 Å². The first kappa shape index (κ1) is 34.2. The molecule has 5 rings (SSSR count). The zero-order valence-electron chi connectivity index (χ0n) is 27.5. The lowest BCUT2D eigenvalue weighted by Gasteiger charge is -2.37. The molecule has 4 nitrogen and oxygen atoms in total. The second-order valence-corrected chi connectivity index (χ2v) is 12.4. The third-order valence-corrected chi connectivity index (χ3v) is 9.22. The number of aryl methyl sites for hydroxylation is 2. The molecule has 45 heavy (non-hydrogen) atoms. The SMILES string of the molecule is CC[N+](CC)(CCCCN(Cc1ccc2ccccc2c1)C(=O)c1cc2ccccc2cc1OC)Cc1cc(C)cc(C)c1.[Br-]. The molecule has 0 bridgehead atoms. The van der Waals surface area contributed by atoms with Crippen LogP contribution in [0.5, 0.6) is 5.75 Å². The lowest BCUT2D eigenvalue weighted by Crippen LogP contribution is -3.00. The Morgan fingerprint density at radius 1 is 0.711 bits per heavy atom. The predicted molar refractivity (Wildman–Crippen MR) is 184 cm³/mol. The van der Waals surface area contributed by atoms with Crippen LogP contribution in [0.1, 0.15) is 59.3 Å². The van der Waals surface area contributed by atoms with Gasteiger partial charge < -0.3 is 31.1 Å². The number of carbonyl (C=O) groups is 1. The van der Waals surface area contributed by atoms with Gasteiger partial charge in [0.25, 0.3) is 5.91 Å². The number of methoxy groups -OCH3 is 1. The number of ether oxygens (including phenoxy) is 1. The highest BCUT2D eigenvalue weighted by Crippen LogP contribution is 2.28. The third-order valence-electron chi connectivity index (χ3n) is 9.22. The molecule has 5 aromatic rings. The van der Waals surface area contributed by atoms with Gasteiger partial charge in [-0.1, -0.05) is 90.0 Å². The van der Waals surface area contributed by atoms with Crippen molar-refractivity contribution in [1.82, 2.24) is 4.90 Å². The first-order valence-corrected chi connectivity index (χ1v) is 16.1. The van der Waals surface area contributed by atoms with Crippen molar-refractivity contribution in [1.29, 1.82) is 0 Å². The van der Waals surface area contributed by atoms with E-state index in [1.165, 1.54) is 27.5 Å². The number of amides is 1. The molecule has 1 amide bonds. The topological polar surface area (TPSA) is 29.5 Å². The van der Waals surface area contributed by atoms with Gasteiger partial charge >= 0.3 is 0 Å². The summed E-state index contributed by atoms with van der Waals surface area (Å²) in [6.45, 7) is 14.6. The lowest BCUT2D eigenvalue weighted by molar-refractivity contribution is -0.938. The number of unbranched alkanes of at least 4 members (excludes halogenated alkanes) is 1. The standard InChI is InChI=1S/C40H47N2O2.BrH/c1-6-42(7-2,29-33-23-30(3)22-31(4)24-33)21-13-12-20-41(28-32-18-19-34-14-8-9-15-35(34)25-32)40(43)38-26-36-16-10-11-17-37(36)27-39(38)44-5;/h8-11,14-19,22-27H,6-7,12-13,20-21,28-29H2,1-5H3;1H/q+1;/p-1. The summed E-state index contributed by atoms with van der Waals surface area (Å²) in [5.41, 5.74) is 5.84. The summed E-state index contributed by atoms with van der Waals surface area (Å²) < 4.78 is 6.81. The molecule has 0 atom stereocenters. The number of fused-ring (bicyclic) bond motifs is 2. The monoisotopic (exact) mass is 666 g/mol. The van der Waals surface area contributed by atoms with E-state index in [1.54, 1.807) is 7.11 Å². The summed E-state index contributed by atoms with van der Waals surface area (Å²) in [6, 6.07) is 34.0. The van der Waals surface area contributed by atoms with Crippen molar-refractivity contribution < 1.29 is 31.0 Å². The molecule has 0 saturated heterocycles. The molecule has 0 aliphatic rings. The van der Waals surface area contributed by atoms with E-state index < -0.39 is 0 Å². The molecule has 0 saturated carbocycles. The Morgan fingerprint density at radius 3 is 1.93 bits per heavy atom. The van der Waals surface area contributed by atoms with Crippen molar-refractivity contribution in [3.63, 3.8) is 0 Å². The predicted octanol–water partition coefficient (Wildman–Crippen LogP) is 6.10. The first-order chi connectivity index (χ1) is 21.3. The zero-order chi connectivity index (χ0) is 31.1. The second-order valence-electron chi connectivity index (χ2n) is 12.4. The molecule has 5 aromatic carbocycles. The maximum atomic E-state index is 14.3. The van der Waals surface area contributed by atoms with Crippen LogP contribution in [0.25, 0.3) is 21.5 Å². The molecular weight excluding hydrogens is 620 g/mol. The molecule has 0 aromatic heterocycles. The van der Waals surface area contributed by atoms with Gasteiger partial charge in [0.2, 0.25) is 0 Å². The number of rotatable bonds is 13. The Hall–Kier alpha value is -3.67. The molecule has 0 fully saturated rings. The molecular formula is C40H47BrN2O2. The molecule has 0 aliphatic carbocycles. The van der Waals surface area contributed by atoms with Crippen LogP contribution in [0.4, 0.5) is 0 Å². The van der Waals surface area contributed by atoms with E-state index in [0.717, 1.165) is 59.8 Å². The molecule has 0 unspecified atom stereocenters. The van der Waals surface area contributed by atoms with Crippen molar-refractivity contribution in [2.45, 2.75) is 53.6 Å². The largest absolute Gasteiger partial charge is 1.00 e. The minimum atomic E-state index is 0. The smallest absolute Gasteiger partial charge is 0.257 e. The summed E-state index contributed by atoms with van der Waals surface area (Å²) in [6.07, 6.45) is 2.00. The van der Waals surface area contributed by atoms with Crippen molar-refractivity contribution in [2.75, 3.05) is 33.3 Å². The highest BCUT2D eigenvalue weighted by Gasteiger charge is 2.25. The van der Waals surface area contributed by atoms with Crippen LogP contribution in [-0.4, -0.2) is 48.6 Å². The maximum absolute atomic E-state index is 14.3. The van der Waals surface area contributed by atoms with E-state index >= 15 is 0 Å². The van der Waals surface area contributed by atoms with Gasteiger partial charge in [0.05, 0.1) is 32.3 Å². The Kier molecular flexibility index (Phi) is 11.8. The summed E-state index contributed by atoms with van der Waals surface area (Å²) in [5, 5.41) is 4.52. The van der Waals surface area contributed by atoms with Crippen LogP contribution < -0.4 is 21.7 Å². The van der Waals surface area contributed by atoms with Gasteiger partial charge in [0, 0.05) is 18.7 Å². The number of benzene rings is 5. The molecule has 236 valence electrons. The van der Waals surface area contributed by atoms with Gasteiger partial charge in [-0.05, 0) is 85.8 Å². The molecule has 0 aliphatic heterocycles. The van der Waals surface area contributed by atoms with E-state index in [9.17, 15) is 4.79 Å². The molecule has 0 radical (unpaired) electrons. The number of carbonyl (C=O) groups excluding carboxylic acids is 1. The van der Waals surface area contributed by atoms with E-state index in [2.05, 4.69) is 100 Å². The fraction of sp³-hybridized carbons (Fsp3) is 0.325. The molecule has 0 heterocycles. The molecule has 5 heteroatoms. The van der Waals surface area contributed by atoms with Crippen LogP contribution in [0.2, 0.25) is 0 Å². The van der Waals surface area contributed by atoms with Gasteiger partial charge in [-0.3, -0.25) is 4.79 Å². The fourth-order valence-corrected chi connectivity index (χ4v) is 6.68. The summed E-state index contributed by atoms with van der Waals surface area (Å²) in [7, 11) is 1.65. The fourth-order valence-electron chi connectivity index (χ4n) is 6.68. The average molecular weight is 668 g/mol. The quantitative estimate of drug-likeness (QED) is 0.112. The molecule has 0 spiro atoms. The van der Waals surface area contributed by atoms with Gasteiger partial charge in [0.1, 0.15) is 12.3 Å². The summed E-state index contributed by atoms with van der Waals surface area (Å²) in [4.78, 5) is 16.3. The third kappa shape index (κ3) is 8.33. The van der Waals surface area contributed by atoms with Gasteiger partial charge in [-0.15, -0.1) is 0 Å². The Balaban J connectivity index is 0.00000461. The minimum Gasteiger partial charge on any atom is -1.00 e. The van der Waals surface area contributed by atoms with Crippen LogP contribution in [-0.2, 0) is 13.1 Å². The van der Waals surface area contributed by atoms with E-state index in [0.29, 0.717) is 24.4 Å². The van der Waals surface area contributed by atoms with Crippen molar-refractivity contribution >= 4 is 27.5 Å². The number of hydrogen-bond donors (Lipinski definition) is 0. The van der Waals surface area contributed by atoms with Crippen molar-refractivity contribution in [3.8, 4) is 5.75 Å². The van der Waals surface area contributed by atoms with E-state index in [4.69, 9.17) is 4.74 Å². The van der Waals surface area contributed by atoms with Gasteiger partial charge in [-0.2, -0.15) is 0 Å². The van der Waals surface area contributed by atoms with Crippen molar-refractivity contribution in [3.05, 3.63) is 125 Å². The Morgan fingerprint density at radius 2 is 1.31 bits per heavy atom. The van der Waals surface area contributed by atoms with Gasteiger partial charge in [0.15, 0.2) is 0 Å². The second kappa shape index (κ2) is 15.6.